The lowest BCUT2D eigenvalue weighted by Crippen LogP contribution is -2.34. The summed E-state index contributed by atoms with van der Waals surface area (Å²) in [6.45, 7) is 5.34. The van der Waals surface area contributed by atoms with E-state index in [4.69, 9.17) is 4.98 Å². The molecule has 1 aliphatic rings. The van der Waals surface area contributed by atoms with E-state index in [1.165, 1.54) is 41.4 Å². The summed E-state index contributed by atoms with van der Waals surface area (Å²) in [5, 5.41) is 6.98. The van der Waals surface area contributed by atoms with Crippen molar-refractivity contribution in [3.63, 3.8) is 0 Å². The third-order valence-electron chi connectivity index (χ3n) is 5.08. The quantitative estimate of drug-likeness (QED) is 0.738. The molecule has 24 heavy (non-hydrogen) atoms. The largest absolute Gasteiger partial charge is 0.298 e. The maximum atomic E-state index is 4.75. The second-order valence-corrected chi connectivity index (χ2v) is 6.94. The van der Waals surface area contributed by atoms with E-state index >= 15 is 0 Å². The van der Waals surface area contributed by atoms with Gasteiger partial charge >= 0.3 is 0 Å². The number of pyridine rings is 1. The van der Waals surface area contributed by atoms with Gasteiger partial charge in [0, 0.05) is 55.1 Å². The monoisotopic (exact) mass is 320 g/mol. The Bertz CT molecular complexity index is 852. The number of aromatic nitrogens is 3. The zero-order valence-electron chi connectivity index (χ0n) is 14.4. The number of nitrogens with zero attached hydrogens (tertiary/aromatic N) is 4. The number of aryl methyl sites for hydroxylation is 2. The molecule has 1 atom stereocenters. The summed E-state index contributed by atoms with van der Waals surface area (Å²) < 4.78 is 1.91. The van der Waals surface area contributed by atoms with Gasteiger partial charge in [-0.3, -0.25) is 14.6 Å². The topological polar surface area (TPSA) is 34.0 Å². The molecule has 1 saturated heterocycles. The lowest BCUT2D eigenvalue weighted by molar-refractivity contribution is 0.198. The fraction of sp³-hybridized carbons (Fsp3) is 0.400. The minimum absolute atomic E-state index is 0.528. The molecule has 0 radical (unpaired) electrons. The van der Waals surface area contributed by atoms with Crippen molar-refractivity contribution >= 4 is 10.8 Å². The molecule has 0 spiro atoms. The average Bonchev–Trinajstić information content (AvgIpc) is 2.92. The van der Waals surface area contributed by atoms with Crippen LogP contribution in [0.1, 0.15) is 35.7 Å². The van der Waals surface area contributed by atoms with Crippen LogP contribution in [0.25, 0.3) is 10.8 Å². The van der Waals surface area contributed by atoms with Gasteiger partial charge in [-0.25, -0.2) is 0 Å². The van der Waals surface area contributed by atoms with Gasteiger partial charge < -0.3 is 0 Å². The van der Waals surface area contributed by atoms with Gasteiger partial charge in [-0.2, -0.15) is 5.10 Å². The molecule has 0 bridgehead atoms. The zero-order chi connectivity index (χ0) is 16.5. The molecule has 1 fully saturated rings. The Kier molecular flexibility index (Phi) is 4.07. The summed E-state index contributed by atoms with van der Waals surface area (Å²) in [7, 11) is 1.99. The molecule has 4 rings (SSSR count). The Hall–Kier alpha value is -2.20. The number of hydrogen-bond acceptors (Lipinski definition) is 3. The van der Waals surface area contributed by atoms with Crippen LogP contribution in [0.15, 0.2) is 42.7 Å². The summed E-state index contributed by atoms with van der Waals surface area (Å²) in [5.41, 5.74) is 3.72. The van der Waals surface area contributed by atoms with E-state index in [2.05, 4.69) is 53.5 Å². The van der Waals surface area contributed by atoms with Gasteiger partial charge in [-0.1, -0.05) is 24.3 Å². The molecular formula is C20H24N4. The summed E-state index contributed by atoms with van der Waals surface area (Å²) in [6.07, 6.45) is 6.63. The Labute approximate surface area is 143 Å². The minimum atomic E-state index is 0.528. The van der Waals surface area contributed by atoms with E-state index in [0.29, 0.717) is 5.92 Å². The summed E-state index contributed by atoms with van der Waals surface area (Å²) in [4.78, 5) is 7.30. The Morgan fingerprint density at radius 1 is 1.21 bits per heavy atom. The van der Waals surface area contributed by atoms with Crippen molar-refractivity contribution in [1.29, 1.82) is 0 Å². The normalized spacial score (nSPS) is 19.0. The van der Waals surface area contributed by atoms with Crippen molar-refractivity contribution in [2.45, 2.75) is 32.2 Å². The summed E-state index contributed by atoms with van der Waals surface area (Å²) >= 11 is 0. The fourth-order valence-electron chi connectivity index (χ4n) is 3.81. The van der Waals surface area contributed by atoms with Crippen LogP contribution in [0.3, 0.4) is 0 Å². The fourth-order valence-corrected chi connectivity index (χ4v) is 3.81. The van der Waals surface area contributed by atoms with Gasteiger partial charge in [0.2, 0.25) is 0 Å². The first-order valence-corrected chi connectivity index (χ1v) is 8.75. The Balaban J connectivity index is 1.52. The molecule has 4 heteroatoms. The molecule has 4 nitrogen and oxygen atoms in total. The van der Waals surface area contributed by atoms with Crippen LogP contribution in [-0.2, 0) is 13.6 Å². The summed E-state index contributed by atoms with van der Waals surface area (Å²) in [6, 6.07) is 10.8. The number of likely N-dealkylation sites (tertiary alicyclic amines) is 1. The molecule has 0 aliphatic carbocycles. The maximum absolute atomic E-state index is 4.75. The van der Waals surface area contributed by atoms with Gasteiger partial charge in [0.25, 0.3) is 0 Å². The van der Waals surface area contributed by atoms with Gasteiger partial charge in [0.05, 0.1) is 5.69 Å². The number of piperidine rings is 1. The third-order valence-corrected chi connectivity index (χ3v) is 5.08. The van der Waals surface area contributed by atoms with Crippen molar-refractivity contribution in [2.24, 2.45) is 7.05 Å². The van der Waals surface area contributed by atoms with Crippen LogP contribution in [-0.4, -0.2) is 32.8 Å². The van der Waals surface area contributed by atoms with Crippen LogP contribution in [0.4, 0.5) is 0 Å². The molecule has 3 aromatic rings. The van der Waals surface area contributed by atoms with Crippen LogP contribution in [0.5, 0.6) is 0 Å². The highest BCUT2D eigenvalue weighted by molar-refractivity contribution is 5.81. The molecule has 3 heterocycles. The lowest BCUT2D eigenvalue weighted by Gasteiger charge is -2.32. The van der Waals surface area contributed by atoms with E-state index in [9.17, 15) is 0 Å². The SMILES string of the molecule is Cc1nn(C)cc1CN1CCC[C@H](c2cc3ccccc3cn2)C1. The molecule has 2 aromatic heterocycles. The van der Waals surface area contributed by atoms with Gasteiger partial charge in [-0.05, 0) is 37.8 Å². The first kappa shape index (κ1) is 15.3. The van der Waals surface area contributed by atoms with Gasteiger partial charge in [0.1, 0.15) is 0 Å². The molecule has 1 aromatic carbocycles. The highest BCUT2D eigenvalue weighted by Crippen LogP contribution is 2.28. The number of hydrogen-bond donors (Lipinski definition) is 0. The second kappa shape index (κ2) is 6.36. The van der Waals surface area contributed by atoms with Crippen molar-refractivity contribution in [3.8, 4) is 0 Å². The van der Waals surface area contributed by atoms with Crippen LogP contribution in [0, 0.1) is 6.92 Å². The molecule has 1 aliphatic heterocycles. The molecule has 0 saturated carbocycles. The van der Waals surface area contributed by atoms with Crippen molar-refractivity contribution in [3.05, 3.63) is 59.7 Å². The van der Waals surface area contributed by atoms with E-state index in [-0.39, 0.29) is 0 Å². The molecule has 0 amide bonds. The standard InChI is InChI=1S/C20H24N4/c1-15-19(12-23(2)22-15)14-24-9-5-8-18(13-24)20-10-16-6-3-4-7-17(16)11-21-20/h3-4,6-7,10-12,18H,5,8-9,13-14H2,1-2H3/t18-/m0/s1. The maximum Gasteiger partial charge on any atom is 0.0638 e. The lowest BCUT2D eigenvalue weighted by atomic mass is 9.93. The van der Waals surface area contributed by atoms with Crippen molar-refractivity contribution in [1.82, 2.24) is 19.7 Å². The van der Waals surface area contributed by atoms with E-state index in [1.807, 2.05) is 17.9 Å². The Morgan fingerprint density at radius 2 is 2.04 bits per heavy atom. The predicted octanol–water partition coefficient (Wildman–Crippen LogP) is 3.66. The average molecular weight is 320 g/mol. The number of benzene rings is 1. The zero-order valence-corrected chi connectivity index (χ0v) is 14.4. The first-order valence-electron chi connectivity index (χ1n) is 8.75. The first-order chi connectivity index (χ1) is 11.7. The van der Waals surface area contributed by atoms with Gasteiger partial charge in [0.15, 0.2) is 0 Å². The molecule has 124 valence electrons. The molecule has 0 unspecified atom stereocenters. The van der Waals surface area contributed by atoms with Gasteiger partial charge in [-0.15, -0.1) is 0 Å². The number of fused-ring (bicyclic) bond motifs is 1. The van der Waals surface area contributed by atoms with Crippen LogP contribution in [0.2, 0.25) is 0 Å². The molecular weight excluding hydrogens is 296 g/mol. The Morgan fingerprint density at radius 3 is 2.83 bits per heavy atom. The highest BCUT2D eigenvalue weighted by atomic mass is 15.3. The minimum Gasteiger partial charge on any atom is -0.298 e. The van der Waals surface area contributed by atoms with E-state index < -0.39 is 0 Å². The molecule has 0 N–H and O–H groups in total. The second-order valence-electron chi connectivity index (χ2n) is 6.94. The van der Waals surface area contributed by atoms with E-state index in [0.717, 1.165) is 18.8 Å². The van der Waals surface area contributed by atoms with E-state index in [1.54, 1.807) is 0 Å². The smallest absolute Gasteiger partial charge is 0.0638 e. The highest BCUT2D eigenvalue weighted by Gasteiger charge is 2.23. The van der Waals surface area contributed by atoms with Crippen molar-refractivity contribution in [2.75, 3.05) is 13.1 Å². The number of rotatable bonds is 3. The predicted molar refractivity (Wildman–Crippen MR) is 96.9 cm³/mol. The van der Waals surface area contributed by atoms with Crippen molar-refractivity contribution < 1.29 is 0 Å². The van der Waals surface area contributed by atoms with Crippen LogP contribution < -0.4 is 0 Å². The summed E-state index contributed by atoms with van der Waals surface area (Å²) in [5.74, 6) is 0.528. The van der Waals surface area contributed by atoms with Crippen LogP contribution >= 0.6 is 0 Å². The third kappa shape index (κ3) is 3.06.